The van der Waals surface area contributed by atoms with E-state index in [1.54, 1.807) is 12.3 Å². The van der Waals surface area contributed by atoms with Crippen molar-refractivity contribution >= 4 is 15.8 Å². The van der Waals surface area contributed by atoms with Crippen LogP contribution in [0.15, 0.2) is 59.8 Å². The number of primary sulfonamides is 1. The Morgan fingerprint density at radius 1 is 1.11 bits per heavy atom. The number of hydrogen-bond acceptors (Lipinski definition) is 5. The molecule has 2 aromatic heterocycles. The van der Waals surface area contributed by atoms with Crippen molar-refractivity contribution in [2.45, 2.75) is 23.7 Å². The smallest absolute Gasteiger partial charge is 0.241 e. The zero-order chi connectivity index (χ0) is 18.9. The molecule has 3 aromatic rings. The minimum absolute atomic E-state index is 0.0649. The van der Waals surface area contributed by atoms with Crippen molar-refractivity contribution in [3.05, 3.63) is 60.7 Å². The van der Waals surface area contributed by atoms with E-state index in [1.165, 1.54) is 6.07 Å². The zero-order valence-corrected chi connectivity index (χ0v) is 15.6. The van der Waals surface area contributed by atoms with Gasteiger partial charge in [-0.05, 0) is 30.5 Å². The molecule has 1 fully saturated rings. The second-order valence-corrected chi connectivity index (χ2v) is 8.23. The number of anilines is 1. The second-order valence-electron chi connectivity index (χ2n) is 6.70. The molecule has 7 nitrogen and oxygen atoms in total. The van der Waals surface area contributed by atoms with E-state index in [0.717, 1.165) is 36.5 Å². The van der Waals surface area contributed by atoms with Crippen molar-refractivity contribution < 1.29 is 8.42 Å². The van der Waals surface area contributed by atoms with Crippen molar-refractivity contribution in [1.82, 2.24) is 15.0 Å². The number of piperidine rings is 1. The minimum atomic E-state index is -3.82. The van der Waals surface area contributed by atoms with E-state index in [0.29, 0.717) is 12.4 Å². The molecule has 0 aliphatic carbocycles. The van der Waals surface area contributed by atoms with E-state index >= 15 is 0 Å². The van der Waals surface area contributed by atoms with Crippen LogP contribution in [0.1, 0.15) is 24.6 Å². The third kappa shape index (κ3) is 3.72. The molecular weight excluding hydrogens is 362 g/mol. The van der Waals surface area contributed by atoms with E-state index in [9.17, 15) is 8.42 Å². The highest BCUT2D eigenvalue weighted by Crippen LogP contribution is 2.31. The number of imidazole rings is 1. The van der Waals surface area contributed by atoms with Gasteiger partial charge >= 0.3 is 0 Å². The Morgan fingerprint density at radius 3 is 2.70 bits per heavy atom. The van der Waals surface area contributed by atoms with Crippen LogP contribution in [0.3, 0.4) is 0 Å². The Bertz CT molecular complexity index is 1030. The van der Waals surface area contributed by atoms with E-state index in [-0.39, 0.29) is 10.8 Å². The van der Waals surface area contributed by atoms with E-state index < -0.39 is 10.0 Å². The van der Waals surface area contributed by atoms with Crippen LogP contribution in [0.5, 0.6) is 0 Å². The quantitative estimate of drug-likeness (QED) is 0.720. The van der Waals surface area contributed by atoms with Crippen LogP contribution in [-0.2, 0) is 10.0 Å². The largest absolute Gasteiger partial charge is 0.355 e. The number of aromatic nitrogens is 3. The lowest BCUT2D eigenvalue weighted by atomic mass is 9.97. The number of H-pyrrole nitrogens is 1. The molecular formula is C19H21N5O2S. The van der Waals surface area contributed by atoms with Crippen molar-refractivity contribution in [3.63, 3.8) is 0 Å². The standard InChI is InChI=1S/C19H21N5O2S/c20-27(25,26)17-9-4-10-21-19(17)24-11-5-8-15(13-24)18-22-12-16(23-18)14-6-2-1-3-7-14/h1-4,6-7,9-10,12,15H,5,8,11,13H2,(H,22,23)(H2,20,25,26). The fourth-order valence-corrected chi connectivity index (χ4v) is 4.25. The summed E-state index contributed by atoms with van der Waals surface area (Å²) in [7, 11) is -3.82. The summed E-state index contributed by atoms with van der Waals surface area (Å²) in [6.45, 7) is 1.38. The van der Waals surface area contributed by atoms with Crippen LogP contribution >= 0.6 is 0 Å². The fourth-order valence-electron chi connectivity index (χ4n) is 3.54. The van der Waals surface area contributed by atoms with Gasteiger partial charge in [-0.15, -0.1) is 0 Å². The van der Waals surface area contributed by atoms with Gasteiger partial charge in [0.1, 0.15) is 16.5 Å². The fraction of sp³-hybridized carbons (Fsp3) is 0.263. The predicted molar refractivity (Wildman–Crippen MR) is 104 cm³/mol. The SMILES string of the molecule is NS(=O)(=O)c1cccnc1N1CCCC(c2ncc(-c3ccccc3)[nH]2)C1. The number of hydrogen-bond donors (Lipinski definition) is 2. The summed E-state index contributed by atoms with van der Waals surface area (Å²) in [5, 5.41) is 5.36. The van der Waals surface area contributed by atoms with Crippen LogP contribution in [0.2, 0.25) is 0 Å². The van der Waals surface area contributed by atoms with Crippen LogP contribution in [-0.4, -0.2) is 36.5 Å². The zero-order valence-electron chi connectivity index (χ0n) is 14.7. The van der Waals surface area contributed by atoms with Gasteiger partial charge in [-0.2, -0.15) is 0 Å². The molecule has 3 N–H and O–H groups in total. The summed E-state index contributed by atoms with van der Waals surface area (Å²) < 4.78 is 23.8. The molecule has 0 amide bonds. The molecule has 27 heavy (non-hydrogen) atoms. The summed E-state index contributed by atoms with van der Waals surface area (Å²) in [6, 6.07) is 13.1. The summed E-state index contributed by atoms with van der Waals surface area (Å²) in [4.78, 5) is 14.3. The normalized spacial score (nSPS) is 17.8. The summed E-state index contributed by atoms with van der Waals surface area (Å²) in [6.07, 6.45) is 5.34. The summed E-state index contributed by atoms with van der Waals surface area (Å²) in [5.41, 5.74) is 2.07. The first kappa shape index (κ1) is 17.7. The molecule has 0 spiro atoms. The second kappa shape index (κ2) is 7.13. The highest BCUT2D eigenvalue weighted by molar-refractivity contribution is 7.89. The van der Waals surface area contributed by atoms with Crippen molar-refractivity contribution in [3.8, 4) is 11.3 Å². The minimum Gasteiger partial charge on any atom is -0.355 e. The first-order valence-electron chi connectivity index (χ1n) is 8.85. The molecule has 3 heterocycles. The lowest BCUT2D eigenvalue weighted by Crippen LogP contribution is -2.36. The molecule has 0 radical (unpaired) electrons. The third-order valence-corrected chi connectivity index (χ3v) is 5.78. The number of pyridine rings is 1. The van der Waals surface area contributed by atoms with E-state index in [1.807, 2.05) is 41.4 Å². The molecule has 4 rings (SSSR count). The maximum atomic E-state index is 11.9. The van der Waals surface area contributed by atoms with Gasteiger partial charge in [0, 0.05) is 25.2 Å². The molecule has 1 saturated heterocycles. The molecule has 140 valence electrons. The Balaban J connectivity index is 1.59. The number of nitrogens with zero attached hydrogens (tertiary/aromatic N) is 3. The number of nitrogens with two attached hydrogens (primary N) is 1. The molecule has 0 bridgehead atoms. The molecule has 1 aliphatic heterocycles. The van der Waals surface area contributed by atoms with Gasteiger partial charge in [0.2, 0.25) is 10.0 Å². The van der Waals surface area contributed by atoms with Gasteiger partial charge < -0.3 is 9.88 Å². The number of aromatic amines is 1. The average Bonchev–Trinajstić information content (AvgIpc) is 3.18. The molecule has 1 aromatic carbocycles. The first-order valence-corrected chi connectivity index (χ1v) is 10.4. The van der Waals surface area contributed by atoms with Crippen LogP contribution in [0.25, 0.3) is 11.3 Å². The number of nitrogens with one attached hydrogen (secondary N) is 1. The van der Waals surface area contributed by atoms with E-state index in [2.05, 4.69) is 15.0 Å². The first-order chi connectivity index (χ1) is 13.0. The van der Waals surface area contributed by atoms with E-state index in [4.69, 9.17) is 5.14 Å². The molecule has 1 unspecified atom stereocenters. The van der Waals surface area contributed by atoms with Crippen LogP contribution in [0, 0.1) is 0 Å². The monoisotopic (exact) mass is 383 g/mol. The molecule has 1 aliphatic rings. The Kier molecular flexibility index (Phi) is 4.67. The topological polar surface area (TPSA) is 105 Å². The van der Waals surface area contributed by atoms with Gasteiger partial charge in [0.25, 0.3) is 0 Å². The van der Waals surface area contributed by atoms with Crippen molar-refractivity contribution in [2.24, 2.45) is 5.14 Å². The van der Waals surface area contributed by atoms with Gasteiger partial charge in [-0.25, -0.2) is 23.5 Å². The van der Waals surface area contributed by atoms with Crippen molar-refractivity contribution in [1.29, 1.82) is 0 Å². The maximum Gasteiger partial charge on any atom is 0.241 e. The van der Waals surface area contributed by atoms with Gasteiger partial charge in [-0.3, -0.25) is 0 Å². The van der Waals surface area contributed by atoms with Crippen LogP contribution < -0.4 is 10.0 Å². The average molecular weight is 383 g/mol. The predicted octanol–water partition coefficient (Wildman–Crippen LogP) is 2.50. The van der Waals surface area contributed by atoms with Gasteiger partial charge in [0.15, 0.2) is 0 Å². The summed E-state index contributed by atoms with van der Waals surface area (Å²) >= 11 is 0. The highest BCUT2D eigenvalue weighted by Gasteiger charge is 2.27. The third-order valence-electron chi connectivity index (χ3n) is 4.85. The highest BCUT2D eigenvalue weighted by atomic mass is 32.2. The molecule has 1 atom stereocenters. The number of benzene rings is 1. The number of rotatable bonds is 4. The number of sulfonamides is 1. The Morgan fingerprint density at radius 2 is 1.93 bits per heavy atom. The Labute approximate surface area is 158 Å². The summed E-state index contributed by atoms with van der Waals surface area (Å²) in [5.74, 6) is 1.50. The van der Waals surface area contributed by atoms with Gasteiger partial charge in [0.05, 0.1) is 11.9 Å². The van der Waals surface area contributed by atoms with Crippen molar-refractivity contribution in [2.75, 3.05) is 18.0 Å². The van der Waals surface area contributed by atoms with Crippen LogP contribution in [0.4, 0.5) is 5.82 Å². The Hall–Kier alpha value is -2.71. The molecule has 0 saturated carbocycles. The maximum absolute atomic E-state index is 11.9. The van der Waals surface area contributed by atoms with Gasteiger partial charge in [-0.1, -0.05) is 30.3 Å². The molecule has 8 heteroatoms. The lowest BCUT2D eigenvalue weighted by Gasteiger charge is -2.33. The lowest BCUT2D eigenvalue weighted by molar-refractivity contribution is 0.489.